The van der Waals surface area contributed by atoms with E-state index in [1.165, 1.54) is 12.3 Å². The standard InChI is InChI=1S/C22H24N4O4S/c27-19-17(8-4-9-23-19)21(29)24-10-5-11-25(13-12-24)22(30)18-14-31-15-26(18)20(28)16-6-2-1-3-7-16/h1-4,6-9,18H,5,10-15H2,(H,23,27). The first-order valence-corrected chi connectivity index (χ1v) is 11.4. The van der Waals surface area contributed by atoms with Crippen molar-refractivity contribution in [1.82, 2.24) is 19.7 Å². The molecule has 0 radical (unpaired) electrons. The van der Waals surface area contributed by atoms with E-state index in [0.717, 1.165) is 0 Å². The van der Waals surface area contributed by atoms with Gasteiger partial charge in [-0.3, -0.25) is 19.2 Å². The van der Waals surface area contributed by atoms with Gasteiger partial charge >= 0.3 is 0 Å². The SMILES string of the molecule is O=C(c1ccc[nH]c1=O)N1CCCN(C(=O)C2CSCN2C(=O)c2ccccc2)CC1. The molecule has 1 atom stereocenters. The molecule has 1 N–H and O–H groups in total. The summed E-state index contributed by atoms with van der Waals surface area (Å²) in [5.41, 5.74) is 0.264. The van der Waals surface area contributed by atoms with Crippen LogP contribution in [0.25, 0.3) is 0 Å². The number of benzene rings is 1. The lowest BCUT2D eigenvalue weighted by Crippen LogP contribution is -2.50. The van der Waals surface area contributed by atoms with E-state index in [-0.39, 0.29) is 23.3 Å². The van der Waals surface area contributed by atoms with Crippen molar-refractivity contribution < 1.29 is 14.4 Å². The molecule has 2 fully saturated rings. The Morgan fingerprint density at radius 2 is 1.65 bits per heavy atom. The third-order valence-corrected chi connectivity index (χ3v) is 6.60. The van der Waals surface area contributed by atoms with Crippen LogP contribution in [0, 0.1) is 0 Å². The maximum atomic E-state index is 13.3. The predicted molar refractivity (Wildman–Crippen MR) is 118 cm³/mol. The lowest BCUT2D eigenvalue weighted by Gasteiger charge is -2.29. The predicted octanol–water partition coefficient (Wildman–Crippen LogP) is 1.26. The fourth-order valence-electron chi connectivity index (χ4n) is 3.91. The first-order valence-electron chi connectivity index (χ1n) is 10.3. The third kappa shape index (κ3) is 4.51. The summed E-state index contributed by atoms with van der Waals surface area (Å²) in [4.78, 5) is 58.4. The highest BCUT2D eigenvalue weighted by Gasteiger charge is 2.38. The summed E-state index contributed by atoms with van der Waals surface area (Å²) >= 11 is 1.57. The molecule has 162 valence electrons. The number of H-pyrrole nitrogens is 1. The number of amides is 3. The summed E-state index contributed by atoms with van der Waals surface area (Å²) in [5, 5.41) is 0. The monoisotopic (exact) mass is 440 g/mol. The molecule has 4 rings (SSSR count). The van der Waals surface area contributed by atoms with E-state index in [1.54, 1.807) is 44.7 Å². The van der Waals surface area contributed by atoms with Crippen molar-refractivity contribution in [1.29, 1.82) is 0 Å². The zero-order valence-corrected chi connectivity index (χ0v) is 17.8. The number of hydrogen-bond acceptors (Lipinski definition) is 5. The van der Waals surface area contributed by atoms with Crippen LogP contribution in [0.5, 0.6) is 0 Å². The normalized spacial score (nSPS) is 19.2. The van der Waals surface area contributed by atoms with Crippen LogP contribution in [0.2, 0.25) is 0 Å². The summed E-state index contributed by atoms with van der Waals surface area (Å²) in [6.07, 6.45) is 2.11. The highest BCUT2D eigenvalue weighted by Crippen LogP contribution is 2.25. The smallest absolute Gasteiger partial charge is 0.260 e. The highest BCUT2D eigenvalue weighted by molar-refractivity contribution is 7.99. The molecule has 2 aliphatic rings. The second kappa shape index (κ2) is 9.38. The zero-order chi connectivity index (χ0) is 21.8. The number of nitrogens with zero attached hydrogens (tertiary/aromatic N) is 3. The van der Waals surface area contributed by atoms with E-state index in [9.17, 15) is 19.2 Å². The van der Waals surface area contributed by atoms with Gasteiger partial charge in [-0.2, -0.15) is 0 Å². The number of rotatable bonds is 3. The summed E-state index contributed by atoms with van der Waals surface area (Å²) in [5.74, 6) is 0.503. The average Bonchev–Trinajstić information content (AvgIpc) is 3.16. The van der Waals surface area contributed by atoms with Crippen molar-refractivity contribution in [2.75, 3.05) is 37.8 Å². The Hall–Kier alpha value is -3.07. The molecule has 2 saturated heterocycles. The first kappa shape index (κ1) is 21.2. The molecule has 1 unspecified atom stereocenters. The minimum atomic E-state index is -0.503. The molecule has 3 heterocycles. The minimum Gasteiger partial charge on any atom is -0.339 e. The first-order chi connectivity index (χ1) is 15.1. The van der Waals surface area contributed by atoms with E-state index in [4.69, 9.17) is 0 Å². The lowest BCUT2D eigenvalue weighted by atomic mass is 10.1. The van der Waals surface area contributed by atoms with E-state index in [1.807, 2.05) is 18.2 Å². The summed E-state index contributed by atoms with van der Waals surface area (Å²) in [7, 11) is 0. The van der Waals surface area contributed by atoms with Gasteiger partial charge in [-0.15, -0.1) is 11.8 Å². The summed E-state index contributed by atoms with van der Waals surface area (Å²) < 4.78 is 0. The number of aromatic nitrogens is 1. The van der Waals surface area contributed by atoms with Crippen molar-refractivity contribution in [3.63, 3.8) is 0 Å². The minimum absolute atomic E-state index is 0.0823. The van der Waals surface area contributed by atoms with Crippen molar-refractivity contribution in [2.24, 2.45) is 0 Å². The molecule has 0 saturated carbocycles. The lowest BCUT2D eigenvalue weighted by molar-refractivity contribution is -0.134. The Morgan fingerprint density at radius 3 is 2.42 bits per heavy atom. The molecule has 8 nitrogen and oxygen atoms in total. The Labute approximate surface area is 184 Å². The number of carbonyl (C=O) groups is 3. The van der Waals surface area contributed by atoms with Gasteiger partial charge in [-0.05, 0) is 30.7 Å². The Morgan fingerprint density at radius 1 is 0.903 bits per heavy atom. The summed E-state index contributed by atoms with van der Waals surface area (Å²) in [6.45, 7) is 1.72. The fourth-order valence-corrected chi connectivity index (χ4v) is 5.05. The van der Waals surface area contributed by atoms with Crippen LogP contribution < -0.4 is 5.56 Å². The largest absolute Gasteiger partial charge is 0.339 e. The Kier molecular flexibility index (Phi) is 6.41. The van der Waals surface area contributed by atoms with E-state index in [0.29, 0.717) is 49.8 Å². The molecule has 0 aliphatic carbocycles. The van der Waals surface area contributed by atoms with Gasteiger partial charge < -0.3 is 19.7 Å². The van der Waals surface area contributed by atoms with Gasteiger partial charge in [0.25, 0.3) is 17.4 Å². The fraction of sp³-hybridized carbons (Fsp3) is 0.364. The Bertz CT molecular complexity index is 1030. The second-order valence-corrected chi connectivity index (χ2v) is 8.54. The third-order valence-electron chi connectivity index (χ3n) is 5.59. The van der Waals surface area contributed by atoms with Gasteiger partial charge in [0, 0.05) is 43.7 Å². The number of thioether (sulfide) groups is 1. The second-order valence-electron chi connectivity index (χ2n) is 7.54. The van der Waals surface area contributed by atoms with Crippen LogP contribution in [-0.4, -0.2) is 81.3 Å². The van der Waals surface area contributed by atoms with Crippen LogP contribution in [0.1, 0.15) is 27.1 Å². The topological polar surface area (TPSA) is 93.8 Å². The molecule has 9 heteroatoms. The van der Waals surface area contributed by atoms with Crippen LogP contribution in [-0.2, 0) is 4.79 Å². The van der Waals surface area contributed by atoms with Gasteiger partial charge in [0.15, 0.2) is 0 Å². The molecule has 1 aromatic heterocycles. The van der Waals surface area contributed by atoms with Crippen LogP contribution >= 0.6 is 11.8 Å². The molecule has 1 aromatic carbocycles. The molecule has 0 bridgehead atoms. The van der Waals surface area contributed by atoms with Crippen molar-refractivity contribution in [3.8, 4) is 0 Å². The van der Waals surface area contributed by atoms with Crippen molar-refractivity contribution >= 4 is 29.5 Å². The van der Waals surface area contributed by atoms with Gasteiger partial charge in [0.2, 0.25) is 5.91 Å². The van der Waals surface area contributed by atoms with Gasteiger partial charge in [0.05, 0.1) is 5.88 Å². The maximum Gasteiger partial charge on any atom is 0.260 e. The highest BCUT2D eigenvalue weighted by atomic mass is 32.2. The van der Waals surface area contributed by atoms with Gasteiger partial charge in [-0.1, -0.05) is 18.2 Å². The molecule has 3 amide bonds. The summed E-state index contributed by atoms with van der Waals surface area (Å²) in [6, 6.07) is 11.6. The number of carbonyl (C=O) groups excluding carboxylic acids is 3. The molecule has 31 heavy (non-hydrogen) atoms. The van der Waals surface area contributed by atoms with Crippen molar-refractivity contribution in [2.45, 2.75) is 12.5 Å². The molecule has 0 spiro atoms. The number of hydrogen-bond donors (Lipinski definition) is 1. The van der Waals surface area contributed by atoms with Crippen molar-refractivity contribution in [3.05, 3.63) is 70.1 Å². The average molecular weight is 441 g/mol. The van der Waals surface area contributed by atoms with Gasteiger partial charge in [-0.25, -0.2) is 0 Å². The zero-order valence-electron chi connectivity index (χ0n) is 17.0. The molecular formula is C22H24N4O4S. The quantitative estimate of drug-likeness (QED) is 0.776. The van der Waals surface area contributed by atoms with Crippen LogP contribution in [0.3, 0.4) is 0 Å². The number of nitrogens with one attached hydrogen (secondary N) is 1. The number of aromatic amines is 1. The maximum absolute atomic E-state index is 13.3. The molecule has 2 aromatic rings. The Balaban J connectivity index is 1.42. The number of pyridine rings is 1. The van der Waals surface area contributed by atoms with Gasteiger partial charge in [0.1, 0.15) is 11.6 Å². The van der Waals surface area contributed by atoms with Crippen LogP contribution in [0.4, 0.5) is 0 Å². The van der Waals surface area contributed by atoms with E-state index >= 15 is 0 Å². The van der Waals surface area contributed by atoms with Crippen LogP contribution in [0.15, 0.2) is 53.5 Å². The van der Waals surface area contributed by atoms with E-state index < -0.39 is 11.6 Å². The molecule has 2 aliphatic heterocycles. The van der Waals surface area contributed by atoms with E-state index in [2.05, 4.69) is 4.98 Å². The molecular weight excluding hydrogens is 416 g/mol.